The summed E-state index contributed by atoms with van der Waals surface area (Å²) in [7, 11) is 0. The summed E-state index contributed by atoms with van der Waals surface area (Å²) in [5.41, 5.74) is 1.30. The lowest BCUT2D eigenvalue weighted by Crippen LogP contribution is -2.30. The van der Waals surface area contributed by atoms with Gasteiger partial charge in [0.15, 0.2) is 11.5 Å². The van der Waals surface area contributed by atoms with Crippen molar-refractivity contribution >= 4 is 5.91 Å². The molecule has 0 fully saturated rings. The average molecular weight is 302 g/mol. The Morgan fingerprint density at radius 3 is 2.82 bits per heavy atom. The van der Waals surface area contributed by atoms with Gasteiger partial charge in [-0.15, -0.1) is 0 Å². The van der Waals surface area contributed by atoms with Crippen molar-refractivity contribution in [3.63, 3.8) is 0 Å². The van der Waals surface area contributed by atoms with Gasteiger partial charge in [0, 0.05) is 19.3 Å². The van der Waals surface area contributed by atoms with Crippen molar-refractivity contribution in [2.75, 3.05) is 13.3 Å². The Balaban J connectivity index is 1.76. The number of carbonyl (C=O) groups is 1. The average Bonchev–Trinajstić information content (AvgIpc) is 3.00. The summed E-state index contributed by atoms with van der Waals surface area (Å²) in [6, 6.07) is 8.21. The quantitative estimate of drug-likeness (QED) is 0.815. The van der Waals surface area contributed by atoms with E-state index in [1.165, 1.54) is 18.3 Å². The Hall–Kier alpha value is -2.63. The van der Waals surface area contributed by atoms with Crippen molar-refractivity contribution in [1.82, 2.24) is 9.88 Å². The molecule has 22 heavy (non-hydrogen) atoms. The van der Waals surface area contributed by atoms with Crippen molar-refractivity contribution < 1.29 is 18.7 Å². The van der Waals surface area contributed by atoms with Gasteiger partial charge in [0.1, 0.15) is 0 Å². The van der Waals surface area contributed by atoms with E-state index in [1.54, 1.807) is 4.90 Å². The third kappa shape index (κ3) is 2.86. The predicted molar refractivity (Wildman–Crippen MR) is 77.2 cm³/mol. The summed E-state index contributed by atoms with van der Waals surface area (Å²) in [6.45, 7) is 3.08. The number of nitrogens with zero attached hydrogens (tertiary/aromatic N) is 2. The number of hydrogen-bond acceptors (Lipinski definition) is 4. The summed E-state index contributed by atoms with van der Waals surface area (Å²) < 4.78 is 23.4. The van der Waals surface area contributed by atoms with Gasteiger partial charge in [-0.1, -0.05) is 6.07 Å². The van der Waals surface area contributed by atoms with E-state index in [0.29, 0.717) is 30.2 Å². The number of amides is 1. The smallest absolute Gasteiger partial charge is 0.255 e. The monoisotopic (exact) mass is 302 g/mol. The number of aromatic nitrogens is 1. The van der Waals surface area contributed by atoms with Crippen LogP contribution >= 0.6 is 0 Å². The molecular weight excluding hydrogens is 287 g/mol. The number of benzene rings is 1. The minimum absolute atomic E-state index is 0.187. The Morgan fingerprint density at radius 1 is 1.27 bits per heavy atom. The molecule has 6 heteroatoms. The number of pyridine rings is 1. The number of hydrogen-bond donors (Lipinski definition) is 0. The maximum atomic E-state index is 12.8. The van der Waals surface area contributed by atoms with Gasteiger partial charge in [-0.05, 0) is 36.8 Å². The van der Waals surface area contributed by atoms with E-state index >= 15 is 0 Å². The molecule has 1 aromatic carbocycles. The molecule has 1 amide bonds. The fourth-order valence-corrected chi connectivity index (χ4v) is 2.27. The molecule has 3 rings (SSSR count). The standard InChI is InChI=1S/C16H15FN2O3/c1-2-19(16(20)12-4-6-15(17)18-8-12)9-11-3-5-13-14(7-11)22-10-21-13/h3-8H,2,9-10H2,1H3. The Kier molecular flexibility index (Phi) is 3.91. The van der Waals surface area contributed by atoms with Gasteiger partial charge in [0.05, 0.1) is 5.56 Å². The lowest BCUT2D eigenvalue weighted by molar-refractivity contribution is 0.0752. The van der Waals surface area contributed by atoms with Crippen LogP contribution in [0.3, 0.4) is 0 Å². The zero-order chi connectivity index (χ0) is 15.5. The summed E-state index contributed by atoms with van der Waals surface area (Å²) in [5, 5.41) is 0. The molecule has 2 heterocycles. The largest absolute Gasteiger partial charge is 0.454 e. The van der Waals surface area contributed by atoms with Crippen LogP contribution in [0.2, 0.25) is 0 Å². The number of rotatable bonds is 4. The second kappa shape index (κ2) is 6.01. The molecule has 0 saturated carbocycles. The molecule has 0 saturated heterocycles. The van der Waals surface area contributed by atoms with Crippen LogP contribution in [0.15, 0.2) is 36.5 Å². The Morgan fingerprint density at radius 2 is 2.09 bits per heavy atom. The van der Waals surface area contributed by atoms with Crippen LogP contribution in [0, 0.1) is 5.95 Å². The first kappa shape index (κ1) is 14.3. The van der Waals surface area contributed by atoms with Crippen LogP contribution in [0.25, 0.3) is 0 Å². The molecule has 0 radical (unpaired) electrons. The molecule has 0 atom stereocenters. The molecule has 1 aromatic heterocycles. The highest BCUT2D eigenvalue weighted by Crippen LogP contribution is 2.32. The Labute approximate surface area is 127 Å². The van der Waals surface area contributed by atoms with Crippen LogP contribution < -0.4 is 9.47 Å². The first-order valence-corrected chi connectivity index (χ1v) is 6.96. The SMILES string of the molecule is CCN(Cc1ccc2c(c1)OCO2)C(=O)c1ccc(F)nc1. The second-order valence-corrected chi connectivity index (χ2v) is 4.88. The molecular formula is C16H15FN2O3. The molecule has 0 N–H and O–H groups in total. The topological polar surface area (TPSA) is 51.7 Å². The lowest BCUT2D eigenvalue weighted by Gasteiger charge is -2.21. The van der Waals surface area contributed by atoms with E-state index in [2.05, 4.69) is 4.98 Å². The van der Waals surface area contributed by atoms with Crippen LogP contribution in [0.1, 0.15) is 22.8 Å². The zero-order valence-electron chi connectivity index (χ0n) is 12.1. The minimum atomic E-state index is -0.602. The summed E-state index contributed by atoms with van der Waals surface area (Å²) in [4.78, 5) is 17.6. The van der Waals surface area contributed by atoms with Crippen molar-refractivity contribution in [2.24, 2.45) is 0 Å². The lowest BCUT2D eigenvalue weighted by atomic mass is 10.1. The highest BCUT2D eigenvalue weighted by molar-refractivity contribution is 5.93. The van der Waals surface area contributed by atoms with Crippen molar-refractivity contribution in [3.8, 4) is 11.5 Å². The van der Waals surface area contributed by atoms with Gasteiger partial charge in [-0.2, -0.15) is 4.39 Å². The van der Waals surface area contributed by atoms with Crippen molar-refractivity contribution in [2.45, 2.75) is 13.5 Å². The molecule has 0 bridgehead atoms. The summed E-state index contributed by atoms with van der Waals surface area (Å²) >= 11 is 0. The van der Waals surface area contributed by atoms with Gasteiger partial charge in [-0.25, -0.2) is 4.98 Å². The normalized spacial score (nSPS) is 12.3. The van der Waals surface area contributed by atoms with Gasteiger partial charge in [-0.3, -0.25) is 4.79 Å². The summed E-state index contributed by atoms with van der Waals surface area (Å²) in [5.74, 6) is 0.605. The van der Waals surface area contributed by atoms with Crippen molar-refractivity contribution in [1.29, 1.82) is 0 Å². The molecule has 1 aliphatic rings. The van der Waals surface area contributed by atoms with E-state index < -0.39 is 5.95 Å². The Bertz CT molecular complexity index is 688. The zero-order valence-corrected chi connectivity index (χ0v) is 12.1. The highest BCUT2D eigenvalue weighted by atomic mass is 19.1. The molecule has 114 valence electrons. The van der Waals surface area contributed by atoms with Gasteiger partial charge in [0.2, 0.25) is 12.7 Å². The number of fused-ring (bicyclic) bond motifs is 1. The number of ether oxygens (including phenoxy) is 2. The molecule has 0 unspecified atom stereocenters. The third-order valence-corrected chi connectivity index (χ3v) is 3.45. The minimum Gasteiger partial charge on any atom is -0.454 e. The molecule has 1 aliphatic heterocycles. The van der Waals surface area contributed by atoms with Gasteiger partial charge >= 0.3 is 0 Å². The first-order valence-electron chi connectivity index (χ1n) is 6.96. The van der Waals surface area contributed by atoms with Crippen LogP contribution in [0.4, 0.5) is 4.39 Å². The van der Waals surface area contributed by atoms with E-state index in [0.717, 1.165) is 5.56 Å². The summed E-state index contributed by atoms with van der Waals surface area (Å²) in [6.07, 6.45) is 1.25. The van der Waals surface area contributed by atoms with Crippen LogP contribution in [0.5, 0.6) is 11.5 Å². The maximum Gasteiger partial charge on any atom is 0.255 e. The first-order chi connectivity index (χ1) is 10.7. The number of halogens is 1. The van der Waals surface area contributed by atoms with E-state index in [-0.39, 0.29) is 12.7 Å². The predicted octanol–water partition coefficient (Wildman–Crippen LogP) is 2.61. The maximum absolute atomic E-state index is 12.8. The van der Waals surface area contributed by atoms with Crippen LogP contribution in [-0.2, 0) is 6.54 Å². The van der Waals surface area contributed by atoms with Gasteiger partial charge < -0.3 is 14.4 Å². The molecule has 0 spiro atoms. The molecule has 0 aliphatic carbocycles. The van der Waals surface area contributed by atoms with Crippen molar-refractivity contribution in [3.05, 3.63) is 53.6 Å². The van der Waals surface area contributed by atoms with E-state index in [4.69, 9.17) is 9.47 Å². The van der Waals surface area contributed by atoms with E-state index in [9.17, 15) is 9.18 Å². The van der Waals surface area contributed by atoms with Crippen LogP contribution in [-0.4, -0.2) is 29.1 Å². The molecule has 2 aromatic rings. The molecule has 5 nitrogen and oxygen atoms in total. The number of carbonyl (C=O) groups excluding carboxylic acids is 1. The highest BCUT2D eigenvalue weighted by Gasteiger charge is 2.18. The second-order valence-electron chi connectivity index (χ2n) is 4.88. The van der Waals surface area contributed by atoms with Gasteiger partial charge in [0.25, 0.3) is 5.91 Å². The fraction of sp³-hybridized carbons (Fsp3) is 0.250. The third-order valence-electron chi connectivity index (χ3n) is 3.45. The fourth-order valence-electron chi connectivity index (χ4n) is 2.27. The van der Waals surface area contributed by atoms with E-state index in [1.807, 2.05) is 25.1 Å².